The Morgan fingerprint density at radius 3 is 2.57 bits per heavy atom. The first-order chi connectivity index (χ1) is 9.63. The van der Waals surface area contributed by atoms with Crippen molar-refractivity contribution in [3.05, 3.63) is 28.3 Å². The molecule has 0 saturated carbocycles. The molecular weight excluding hydrogens is 312 g/mol. The summed E-state index contributed by atoms with van der Waals surface area (Å²) < 4.78 is 56.3. The summed E-state index contributed by atoms with van der Waals surface area (Å²) in [6.07, 6.45) is 0. The van der Waals surface area contributed by atoms with Gasteiger partial charge in [-0.05, 0) is 6.07 Å². The van der Waals surface area contributed by atoms with Crippen LogP contribution in [-0.2, 0) is 10.0 Å². The number of nitro groups is 1. The molecule has 0 saturated heterocycles. The van der Waals surface area contributed by atoms with Crippen molar-refractivity contribution in [3.8, 4) is 5.75 Å². The van der Waals surface area contributed by atoms with E-state index in [2.05, 4.69) is 0 Å². The van der Waals surface area contributed by atoms with E-state index in [1.54, 1.807) is 4.72 Å². The van der Waals surface area contributed by atoms with E-state index in [4.69, 9.17) is 10.5 Å². The van der Waals surface area contributed by atoms with Gasteiger partial charge in [0.2, 0.25) is 10.0 Å². The maximum absolute atomic E-state index is 13.0. The number of rotatable bonds is 7. The van der Waals surface area contributed by atoms with Crippen LogP contribution in [0.25, 0.3) is 0 Å². The molecular formula is C10H13F2N3O5S. The van der Waals surface area contributed by atoms with Gasteiger partial charge in [-0.1, -0.05) is 0 Å². The van der Waals surface area contributed by atoms with Crippen molar-refractivity contribution in [1.82, 2.24) is 4.72 Å². The van der Waals surface area contributed by atoms with Gasteiger partial charge in [-0.3, -0.25) is 10.1 Å². The topological polar surface area (TPSA) is 125 Å². The molecule has 0 aliphatic heterocycles. The zero-order chi connectivity index (χ0) is 16.3. The summed E-state index contributed by atoms with van der Waals surface area (Å²) in [7, 11) is -3.27. The van der Waals surface area contributed by atoms with Gasteiger partial charge in [0.15, 0.2) is 0 Å². The van der Waals surface area contributed by atoms with Crippen LogP contribution < -0.4 is 15.2 Å². The Balaban J connectivity index is 3.17. The monoisotopic (exact) mass is 325 g/mol. The molecule has 118 valence electrons. The second-order valence-corrected chi connectivity index (χ2v) is 5.71. The molecule has 11 heteroatoms. The summed E-state index contributed by atoms with van der Waals surface area (Å²) >= 11 is 0. The summed E-state index contributed by atoms with van der Waals surface area (Å²) in [5.74, 6) is -3.63. The number of hydrogen-bond donors (Lipinski definition) is 2. The molecule has 0 amide bonds. The molecule has 0 aliphatic rings. The average molecular weight is 325 g/mol. The Hall–Kier alpha value is -1.85. The highest BCUT2D eigenvalue weighted by atomic mass is 32.2. The molecule has 0 atom stereocenters. The van der Waals surface area contributed by atoms with Crippen LogP contribution in [0.2, 0.25) is 0 Å². The minimum Gasteiger partial charge on any atom is -0.495 e. The van der Waals surface area contributed by atoms with E-state index < -0.39 is 44.5 Å². The molecule has 0 aliphatic carbocycles. The van der Waals surface area contributed by atoms with Gasteiger partial charge in [0.25, 0.3) is 11.6 Å². The molecule has 1 rings (SSSR count). The molecule has 0 heterocycles. The number of nitrogens with one attached hydrogen (secondary N) is 1. The van der Waals surface area contributed by atoms with Crippen molar-refractivity contribution in [1.29, 1.82) is 0 Å². The van der Waals surface area contributed by atoms with E-state index in [9.17, 15) is 27.3 Å². The smallest absolute Gasteiger partial charge is 0.273 e. The van der Waals surface area contributed by atoms with Crippen molar-refractivity contribution >= 4 is 15.7 Å². The van der Waals surface area contributed by atoms with E-state index in [1.165, 1.54) is 0 Å². The molecule has 0 unspecified atom stereocenters. The van der Waals surface area contributed by atoms with Crippen molar-refractivity contribution in [2.75, 3.05) is 20.2 Å². The summed E-state index contributed by atoms with van der Waals surface area (Å²) in [4.78, 5) is 9.24. The van der Waals surface area contributed by atoms with Gasteiger partial charge >= 0.3 is 0 Å². The third-order valence-corrected chi connectivity index (χ3v) is 3.89. The number of benzene rings is 1. The normalized spacial score (nSPS) is 12.2. The van der Waals surface area contributed by atoms with Gasteiger partial charge in [0, 0.05) is 12.1 Å². The largest absolute Gasteiger partial charge is 0.495 e. The number of nitro benzene ring substituents is 1. The molecule has 0 bridgehead atoms. The summed E-state index contributed by atoms with van der Waals surface area (Å²) in [6.45, 7) is -2.26. The van der Waals surface area contributed by atoms with E-state index in [1.807, 2.05) is 0 Å². The second kappa shape index (κ2) is 6.28. The molecule has 21 heavy (non-hydrogen) atoms. The lowest BCUT2D eigenvalue weighted by Gasteiger charge is -2.15. The van der Waals surface area contributed by atoms with E-state index in [-0.39, 0.29) is 5.75 Å². The van der Waals surface area contributed by atoms with Gasteiger partial charge in [0.05, 0.1) is 25.1 Å². The lowest BCUT2D eigenvalue weighted by atomic mass is 10.3. The number of ether oxygens (including phenoxy) is 1. The Morgan fingerprint density at radius 1 is 1.48 bits per heavy atom. The quantitative estimate of drug-likeness (QED) is 0.555. The second-order valence-electron chi connectivity index (χ2n) is 3.98. The number of methoxy groups -OCH3 is 1. The highest BCUT2D eigenvalue weighted by Gasteiger charge is 2.31. The van der Waals surface area contributed by atoms with Crippen molar-refractivity contribution in [3.63, 3.8) is 0 Å². The number of non-ortho nitro benzene ring substituents is 1. The summed E-state index contributed by atoms with van der Waals surface area (Å²) in [5.41, 5.74) is 4.28. The average Bonchev–Trinajstić information content (AvgIpc) is 2.44. The molecule has 3 N–H and O–H groups in total. The predicted octanol–water partition coefficient (Wildman–Crippen LogP) is 0.476. The van der Waals surface area contributed by atoms with Crippen LogP contribution in [0.1, 0.15) is 0 Å². The molecule has 1 aromatic rings. The Morgan fingerprint density at radius 2 is 2.10 bits per heavy atom. The van der Waals surface area contributed by atoms with E-state index >= 15 is 0 Å². The van der Waals surface area contributed by atoms with Crippen LogP contribution in [0, 0.1) is 10.1 Å². The molecule has 0 spiro atoms. The first-order valence-electron chi connectivity index (χ1n) is 5.53. The fraction of sp³-hybridized carbons (Fsp3) is 0.400. The van der Waals surface area contributed by atoms with Crippen molar-refractivity contribution in [2.45, 2.75) is 10.8 Å². The fourth-order valence-corrected chi connectivity index (χ4v) is 2.59. The van der Waals surface area contributed by atoms with Crippen LogP contribution >= 0.6 is 0 Å². The molecule has 0 fully saturated rings. The number of sulfonamides is 1. The highest BCUT2D eigenvalue weighted by molar-refractivity contribution is 7.89. The van der Waals surface area contributed by atoms with E-state index in [0.717, 1.165) is 25.3 Å². The zero-order valence-electron chi connectivity index (χ0n) is 10.9. The lowest BCUT2D eigenvalue weighted by Crippen LogP contribution is -2.41. The number of nitrogens with zero attached hydrogens (tertiary/aromatic N) is 1. The van der Waals surface area contributed by atoms with Gasteiger partial charge in [-0.2, -0.15) is 0 Å². The van der Waals surface area contributed by atoms with Gasteiger partial charge in [-0.25, -0.2) is 21.9 Å². The molecule has 0 aromatic heterocycles. The fourth-order valence-electron chi connectivity index (χ4n) is 1.34. The molecule has 0 radical (unpaired) electrons. The number of halogens is 2. The van der Waals surface area contributed by atoms with Crippen LogP contribution in [0.5, 0.6) is 5.75 Å². The number of alkyl halides is 2. The number of nitrogens with two attached hydrogens (primary N) is 1. The third kappa shape index (κ3) is 4.31. The SMILES string of the molecule is COc1ccc([N+](=O)[O-])cc1S(=O)(=O)NCC(F)(F)CN. The maximum atomic E-state index is 13.0. The minimum atomic E-state index is -4.42. The van der Waals surface area contributed by atoms with Gasteiger partial charge in [-0.15, -0.1) is 0 Å². The first kappa shape index (κ1) is 17.2. The Kier molecular flexibility index (Phi) is 5.15. The standard InChI is InChI=1S/C10H13F2N3O5S/c1-20-8-3-2-7(15(16)17)4-9(8)21(18,19)14-6-10(11,12)5-13/h2-4,14H,5-6,13H2,1H3. The Labute approximate surface area is 119 Å². The Bertz CT molecular complexity index is 636. The van der Waals surface area contributed by atoms with E-state index in [0.29, 0.717) is 0 Å². The number of hydrogen-bond acceptors (Lipinski definition) is 6. The summed E-state index contributed by atoms with van der Waals surface area (Å²) in [5, 5.41) is 10.7. The van der Waals surface area contributed by atoms with Gasteiger partial charge < -0.3 is 10.5 Å². The third-order valence-electron chi connectivity index (χ3n) is 2.47. The maximum Gasteiger partial charge on any atom is 0.273 e. The molecule has 1 aromatic carbocycles. The predicted molar refractivity (Wildman–Crippen MR) is 68.8 cm³/mol. The summed E-state index contributed by atoms with van der Waals surface area (Å²) in [6, 6.07) is 2.82. The molecule has 8 nitrogen and oxygen atoms in total. The van der Waals surface area contributed by atoms with Crippen molar-refractivity contribution < 1.29 is 26.9 Å². The van der Waals surface area contributed by atoms with Crippen LogP contribution in [-0.4, -0.2) is 39.5 Å². The van der Waals surface area contributed by atoms with Crippen LogP contribution in [0.3, 0.4) is 0 Å². The highest BCUT2D eigenvalue weighted by Crippen LogP contribution is 2.28. The zero-order valence-corrected chi connectivity index (χ0v) is 11.7. The van der Waals surface area contributed by atoms with Gasteiger partial charge in [0.1, 0.15) is 10.6 Å². The minimum absolute atomic E-state index is 0.204. The first-order valence-corrected chi connectivity index (χ1v) is 7.01. The van der Waals surface area contributed by atoms with Crippen LogP contribution in [0.15, 0.2) is 23.1 Å². The van der Waals surface area contributed by atoms with Crippen LogP contribution in [0.4, 0.5) is 14.5 Å². The van der Waals surface area contributed by atoms with Crippen molar-refractivity contribution in [2.24, 2.45) is 5.73 Å². The lowest BCUT2D eigenvalue weighted by molar-refractivity contribution is -0.385.